The van der Waals surface area contributed by atoms with Crippen molar-refractivity contribution in [3.63, 3.8) is 0 Å². The maximum atomic E-state index is 8.89. The molecule has 32 valence electrons. The number of carbonyl (C=O) groups is 1. The molecule has 0 radical (unpaired) electrons. The Labute approximate surface area is 49.1 Å². The molecule has 0 aliphatic heterocycles. The molecule has 0 aliphatic carbocycles. The van der Waals surface area contributed by atoms with Crippen LogP contribution in [0.5, 0.6) is 0 Å². The van der Waals surface area contributed by atoms with Gasteiger partial charge >= 0.3 is 19.5 Å². The first kappa shape index (κ1) is 16.6. The van der Waals surface area contributed by atoms with Crippen LogP contribution in [-0.4, -0.2) is 5.97 Å². The van der Waals surface area contributed by atoms with Gasteiger partial charge in [-0.25, -0.2) is 0 Å². The minimum atomic E-state index is -1.08. The van der Waals surface area contributed by atoms with E-state index in [-0.39, 0.29) is 25.6 Å². The second-order valence-electron chi connectivity index (χ2n) is 0.492. The Bertz CT molecular complexity index is 34.5. The third-order valence-electron chi connectivity index (χ3n) is 0. The van der Waals surface area contributed by atoms with Crippen molar-refractivity contribution in [1.82, 2.24) is 0 Å². The fraction of sp³-hybridized carbons (Fsp3) is 0.500. The molecule has 3 nitrogen and oxygen atoms in total. The summed E-state index contributed by atoms with van der Waals surface area (Å²) in [6.45, 7) is 0.972. The first-order valence-electron chi connectivity index (χ1n) is 0.908. The summed E-state index contributed by atoms with van der Waals surface area (Å²) in [6.07, 6.45) is 0. The number of nitrogens with two attached hydrogens (primary N) is 1. The minimum Gasteiger partial charge on any atom is -0.693 e. The van der Waals surface area contributed by atoms with Crippen molar-refractivity contribution in [1.29, 1.82) is 0 Å². The van der Waals surface area contributed by atoms with Crippen LogP contribution in [0.2, 0.25) is 0 Å². The van der Waals surface area contributed by atoms with Gasteiger partial charge in [0.05, 0.1) is 0 Å². The normalized spacial score (nSPS) is 4.17. The van der Waals surface area contributed by atoms with Crippen LogP contribution in [0.15, 0.2) is 0 Å². The molecular weight excluding hydrogens is 135 g/mol. The van der Waals surface area contributed by atoms with E-state index < -0.39 is 5.97 Å². The van der Waals surface area contributed by atoms with Crippen LogP contribution in [0.1, 0.15) is 6.92 Å². The van der Waals surface area contributed by atoms with E-state index in [1.807, 2.05) is 0 Å². The Hall–Kier alpha value is 0.0534. The first-order valence-corrected chi connectivity index (χ1v) is 0.908. The molecule has 2 N–H and O–H groups in total. The second kappa shape index (κ2) is 8.91. The van der Waals surface area contributed by atoms with Crippen molar-refractivity contribution in [3.05, 3.63) is 6.15 Å². The molecular formula is C2H5NO2Zn. The van der Waals surface area contributed by atoms with Gasteiger partial charge in [-0.2, -0.15) is 0 Å². The Morgan fingerprint density at radius 1 is 1.67 bits per heavy atom. The fourth-order valence-electron chi connectivity index (χ4n) is 0. The van der Waals surface area contributed by atoms with Gasteiger partial charge < -0.3 is 16.1 Å². The quantitative estimate of drug-likeness (QED) is 0.424. The van der Waals surface area contributed by atoms with Crippen molar-refractivity contribution in [2.45, 2.75) is 6.92 Å². The van der Waals surface area contributed by atoms with E-state index in [9.17, 15) is 0 Å². The maximum absolute atomic E-state index is 8.89. The molecule has 0 aliphatic rings. The first-order chi connectivity index (χ1) is 1.73. The molecule has 0 amide bonds. The smallest absolute Gasteiger partial charge is 0.693 e. The van der Waals surface area contributed by atoms with Gasteiger partial charge in [0.1, 0.15) is 0 Å². The monoisotopic (exact) mass is 139 g/mol. The zero-order valence-electron chi connectivity index (χ0n) is 3.60. The van der Waals surface area contributed by atoms with Gasteiger partial charge in [0.15, 0.2) is 0 Å². The molecule has 0 bridgehead atoms. The van der Waals surface area contributed by atoms with E-state index in [4.69, 9.17) is 9.90 Å². The summed E-state index contributed by atoms with van der Waals surface area (Å²) < 4.78 is 0. The van der Waals surface area contributed by atoms with Gasteiger partial charge in [-0.1, -0.05) is 0 Å². The maximum Gasteiger partial charge on any atom is 2.00 e. The topological polar surface area (TPSA) is 73.6 Å². The van der Waals surface area contributed by atoms with Crippen molar-refractivity contribution in [3.8, 4) is 0 Å². The van der Waals surface area contributed by atoms with Crippen LogP contribution in [0.25, 0.3) is 6.15 Å². The van der Waals surface area contributed by atoms with Crippen molar-refractivity contribution in [2.24, 2.45) is 0 Å². The summed E-state index contributed by atoms with van der Waals surface area (Å²) in [7, 11) is 0. The standard InChI is InChI=1S/C2H4O2.H2N.Zn/c1-2(3)4;;/h1H3,(H,3,4);1H2;/q;-1;+2/p-1. The van der Waals surface area contributed by atoms with Crippen molar-refractivity contribution >= 4 is 5.97 Å². The molecule has 0 spiro atoms. The number of carboxylic acid groups (broad SMARTS) is 1. The summed E-state index contributed by atoms with van der Waals surface area (Å²) in [5.74, 6) is -1.08. The SMILES string of the molecule is CC(=O)[O-].[NH2-].[Zn+2]. The Kier molecular flexibility index (Phi) is 24.6. The predicted octanol–water partition coefficient (Wildman–Crippen LogP) is -0.529. The van der Waals surface area contributed by atoms with Crippen LogP contribution < -0.4 is 5.11 Å². The number of hydrogen-bond donors (Lipinski definition) is 0. The number of rotatable bonds is 0. The molecule has 6 heavy (non-hydrogen) atoms. The molecule has 0 heterocycles. The number of aliphatic carboxylic acids is 1. The fourth-order valence-corrected chi connectivity index (χ4v) is 0. The number of carbonyl (C=O) groups excluding carboxylic acids is 1. The van der Waals surface area contributed by atoms with Gasteiger partial charge in [0.25, 0.3) is 0 Å². The van der Waals surface area contributed by atoms with Crippen LogP contribution in [0, 0.1) is 0 Å². The van der Waals surface area contributed by atoms with E-state index in [1.165, 1.54) is 0 Å². The van der Waals surface area contributed by atoms with Crippen LogP contribution in [0.4, 0.5) is 0 Å². The third-order valence-corrected chi connectivity index (χ3v) is 0. The molecule has 0 fully saturated rings. The number of carboxylic acids is 1. The van der Waals surface area contributed by atoms with Crippen molar-refractivity contribution < 1.29 is 29.4 Å². The molecule has 0 atom stereocenters. The Balaban J connectivity index is -0.0000000450. The molecule has 0 rings (SSSR count). The molecule has 4 heteroatoms. The van der Waals surface area contributed by atoms with E-state index >= 15 is 0 Å². The average molecular weight is 140 g/mol. The van der Waals surface area contributed by atoms with Gasteiger partial charge in [0, 0.05) is 5.97 Å². The van der Waals surface area contributed by atoms with Crippen LogP contribution >= 0.6 is 0 Å². The summed E-state index contributed by atoms with van der Waals surface area (Å²) in [5.41, 5.74) is 0. The third kappa shape index (κ3) is 13300. The molecule has 0 aromatic carbocycles. The zero-order chi connectivity index (χ0) is 3.58. The molecule has 0 unspecified atom stereocenters. The summed E-state index contributed by atoms with van der Waals surface area (Å²) >= 11 is 0. The van der Waals surface area contributed by atoms with Gasteiger partial charge in [-0.15, -0.1) is 0 Å². The molecule has 0 aromatic rings. The number of hydrogen-bond acceptors (Lipinski definition) is 2. The minimum absolute atomic E-state index is 0. The van der Waals surface area contributed by atoms with Crippen LogP contribution in [0.3, 0.4) is 0 Å². The van der Waals surface area contributed by atoms with E-state index in [1.54, 1.807) is 0 Å². The molecule has 0 saturated carbocycles. The summed E-state index contributed by atoms with van der Waals surface area (Å²) in [6, 6.07) is 0. The Morgan fingerprint density at radius 2 is 1.67 bits per heavy atom. The summed E-state index contributed by atoms with van der Waals surface area (Å²) in [5, 5.41) is 8.89. The summed E-state index contributed by atoms with van der Waals surface area (Å²) in [4.78, 5) is 8.89. The molecule has 0 saturated heterocycles. The van der Waals surface area contributed by atoms with Gasteiger partial charge in [0.2, 0.25) is 0 Å². The van der Waals surface area contributed by atoms with Gasteiger partial charge in [-0.3, -0.25) is 0 Å². The largest absolute Gasteiger partial charge is 2.00 e. The van der Waals surface area contributed by atoms with E-state index in [0.717, 1.165) is 6.92 Å². The molecule has 0 aromatic heterocycles. The predicted molar refractivity (Wildman–Crippen MR) is 16.0 cm³/mol. The second-order valence-corrected chi connectivity index (χ2v) is 0.492. The Morgan fingerprint density at radius 3 is 1.67 bits per heavy atom. The van der Waals surface area contributed by atoms with E-state index in [0.29, 0.717) is 0 Å². The van der Waals surface area contributed by atoms with Crippen molar-refractivity contribution in [2.75, 3.05) is 0 Å². The average Bonchev–Trinajstić information content (AvgIpc) is 0.811. The zero-order valence-corrected chi connectivity index (χ0v) is 6.57. The van der Waals surface area contributed by atoms with Crippen LogP contribution in [-0.2, 0) is 24.3 Å². The van der Waals surface area contributed by atoms with Gasteiger partial charge in [-0.05, 0) is 6.92 Å². The van der Waals surface area contributed by atoms with E-state index in [2.05, 4.69) is 0 Å².